The number of carboxylic acids is 1. The molecule has 0 aliphatic heterocycles. The van der Waals surface area contributed by atoms with E-state index in [0.717, 1.165) is 17.9 Å². The fourth-order valence-electron chi connectivity index (χ4n) is 2.29. The normalized spacial score (nSPS) is 14.6. The molecule has 1 aliphatic rings. The Kier molecular flexibility index (Phi) is 4.98. The van der Waals surface area contributed by atoms with E-state index in [9.17, 15) is 4.79 Å². The van der Waals surface area contributed by atoms with E-state index in [2.05, 4.69) is 4.90 Å². The minimum atomic E-state index is -0.913. The summed E-state index contributed by atoms with van der Waals surface area (Å²) in [5.41, 5.74) is 1.21. The first kappa shape index (κ1) is 14.8. The summed E-state index contributed by atoms with van der Waals surface area (Å²) in [6.45, 7) is 2.22. The van der Waals surface area contributed by atoms with Gasteiger partial charge in [0, 0.05) is 31.8 Å². The fourth-order valence-corrected chi connectivity index (χ4v) is 2.29. The van der Waals surface area contributed by atoms with E-state index in [1.807, 2.05) is 0 Å². The van der Waals surface area contributed by atoms with Gasteiger partial charge in [0.2, 0.25) is 0 Å². The summed E-state index contributed by atoms with van der Waals surface area (Å²) in [6.07, 6.45) is 2.40. The Labute approximate surface area is 119 Å². The smallest absolute Gasteiger partial charge is 0.335 e. The fraction of sp³-hybridized carbons (Fsp3) is 0.533. The SMILES string of the molecule is COCCN(Cc1cc(C(=O)O)ccc1OC)C1CC1. The minimum Gasteiger partial charge on any atom is -0.496 e. The summed E-state index contributed by atoms with van der Waals surface area (Å²) in [4.78, 5) is 13.4. The highest BCUT2D eigenvalue weighted by molar-refractivity contribution is 5.88. The lowest BCUT2D eigenvalue weighted by atomic mass is 10.1. The summed E-state index contributed by atoms with van der Waals surface area (Å²) in [5.74, 6) is -0.179. The van der Waals surface area contributed by atoms with Gasteiger partial charge in [0.05, 0.1) is 19.3 Å². The molecule has 0 amide bonds. The van der Waals surface area contributed by atoms with Gasteiger partial charge in [-0.1, -0.05) is 0 Å². The van der Waals surface area contributed by atoms with Crippen LogP contribution in [0.5, 0.6) is 5.75 Å². The molecule has 0 radical (unpaired) electrons. The Morgan fingerprint density at radius 2 is 2.15 bits per heavy atom. The van der Waals surface area contributed by atoms with Crippen LogP contribution in [-0.4, -0.2) is 49.4 Å². The van der Waals surface area contributed by atoms with Crippen LogP contribution in [-0.2, 0) is 11.3 Å². The van der Waals surface area contributed by atoms with E-state index in [0.29, 0.717) is 24.8 Å². The van der Waals surface area contributed by atoms with Crippen LogP contribution in [0.3, 0.4) is 0 Å². The first-order valence-electron chi connectivity index (χ1n) is 6.79. The molecule has 0 heterocycles. The number of aromatic carboxylic acids is 1. The molecular weight excluding hydrogens is 258 g/mol. The summed E-state index contributed by atoms with van der Waals surface area (Å²) < 4.78 is 10.5. The van der Waals surface area contributed by atoms with Crippen molar-refractivity contribution in [3.63, 3.8) is 0 Å². The van der Waals surface area contributed by atoms with Crippen molar-refractivity contribution in [2.75, 3.05) is 27.4 Å². The second kappa shape index (κ2) is 6.72. The van der Waals surface area contributed by atoms with Crippen molar-refractivity contribution in [1.29, 1.82) is 0 Å². The predicted octanol–water partition coefficient (Wildman–Crippen LogP) is 2.00. The number of carbonyl (C=O) groups is 1. The summed E-state index contributed by atoms with van der Waals surface area (Å²) in [7, 11) is 3.30. The van der Waals surface area contributed by atoms with E-state index in [1.165, 1.54) is 12.8 Å². The average Bonchev–Trinajstić information content (AvgIpc) is 3.27. The quantitative estimate of drug-likeness (QED) is 0.788. The third-order valence-corrected chi connectivity index (χ3v) is 3.55. The predicted molar refractivity (Wildman–Crippen MR) is 75.3 cm³/mol. The molecule has 0 aromatic heterocycles. The van der Waals surface area contributed by atoms with Crippen LogP contribution in [0.4, 0.5) is 0 Å². The van der Waals surface area contributed by atoms with Gasteiger partial charge in [-0.15, -0.1) is 0 Å². The summed E-state index contributed by atoms with van der Waals surface area (Å²) in [6, 6.07) is 5.58. The Morgan fingerprint density at radius 1 is 1.40 bits per heavy atom. The largest absolute Gasteiger partial charge is 0.496 e. The van der Waals surface area contributed by atoms with Crippen LogP contribution in [0.1, 0.15) is 28.8 Å². The van der Waals surface area contributed by atoms with Gasteiger partial charge in [-0.05, 0) is 31.0 Å². The number of hydrogen-bond donors (Lipinski definition) is 1. The van der Waals surface area contributed by atoms with Crippen molar-refractivity contribution >= 4 is 5.97 Å². The van der Waals surface area contributed by atoms with Crippen molar-refractivity contribution < 1.29 is 19.4 Å². The van der Waals surface area contributed by atoms with Crippen LogP contribution in [0.25, 0.3) is 0 Å². The zero-order valence-electron chi connectivity index (χ0n) is 12.0. The monoisotopic (exact) mass is 279 g/mol. The van der Waals surface area contributed by atoms with Crippen LogP contribution in [0, 0.1) is 0 Å². The molecule has 0 saturated heterocycles. The number of hydrogen-bond acceptors (Lipinski definition) is 4. The number of nitrogens with zero attached hydrogens (tertiary/aromatic N) is 1. The van der Waals surface area contributed by atoms with Gasteiger partial charge in [-0.25, -0.2) is 4.79 Å². The molecule has 2 rings (SSSR count). The standard InChI is InChI=1S/C15H21NO4/c1-19-8-7-16(13-4-5-13)10-12-9-11(15(17)18)3-6-14(12)20-2/h3,6,9,13H,4-5,7-8,10H2,1-2H3,(H,17,18). The van der Waals surface area contributed by atoms with E-state index in [1.54, 1.807) is 32.4 Å². The lowest BCUT2D eigenvalue weighted by Gasteiger charge is -2.23. The zero-order valence-corrected chi connectivity index (χ0v) is 12.0. The molecule has 1 N–H and O–H groups in total. The highest BCUT2D eigenvalue weighted by Gasteiger charge is 2.29. The third kappa shape index (κ3) is 3.71. The molecular formula is C15H21NO4. The maximum Gasteiger partial charge on any atom is 0.335 e. The molecule has 0 unspecified atom stereocenters. The molecule has 0 bridgehead atoms. The maximum atomic E-state index is 11.1. The van der Waals surface area contributed by atoms with Gasteiger partial charge < -0.3 is 14.6 Å². The van der Waals surface area contributed by atoms with Gasteiger partial charge in [0.1, 0.15) is 5.75 Å². The van der Waals surface area contributed by atoms with Crippen molar-refractivity contribution in [3.8, 4) is 5.75 Å². The Hall–Kier alpha value is -1.59. The number of rotatable bonds is 8. The van der Waals surface area contributed by atoms with Crippen LogP contribution >= 0.6 is 0 Å². The topological polar surface area (TPSA) is 59.0 Å². The number of methoxy groups -OCH3 is 2. The van der Waals surface area contributed by atoms with Crippen LogP contribution in [0.15, 0.2) is 18.2 Å². The van der Waals surface area contributed by atoms with Crippen molar-refractivity contribution in [1.82, 2.24) is 4.90 Å². The lowest BCUT2D eigenvalue weighted by Crippen LogP contribution is -2.29. The van der Waals surface area contributed by atoms with E-state index >= 15 is 0 Å². The number of carboxylic acid groups (broad SMARTS) is 1. The first-order chi connectivity index (χ1) is 9.65. The molecule has 1 aliphatic carbocycles. The highest BCUT2D eigenvalue weighted by Crippen LogP contribution is 2.30. The third-order valence-electron chi connectivity index (χ3n) is 3.55. The zero-order chi connectivity index (χ0) is 14.5. The van der Waals surface area contributed by atoms with E-state index in [4.69, 9.17) is 14.6 Å². The molecule has 1 aromatic carbocycles. The van der Waals surface area contributed by atoms with Crippen LogP contribution < -0.4 is 4.74 Å². The number of ether oxygens (including phenoxy) is 2. The lowest BCUT2D eigenvalue weighted by molar-refractivity contribution is 0.0696. The van der Waals surface area contributed by atoms with Gasteiger partial charge in [-0.3, -0.25) is 4.90 Å². The van der Waals surface area contributed by atoms with Crippen LogP contribution in [0.2, 0.25) is 0 Å². The van der Waals surface area contributed by atoms with Crippen molar-refractivity contribution in [2.45, 2.75) is 25.4 Å². The first-order valence-corrected chi connectivity index (χ1v) is 6.79. The Balaban J connectivity index is 2.16. The second-order valence-corrected chi connectivity index (χ2v) is 5.03. The molecule has 1 fully saturated rings. The van der Waals surface area contributed by atoms with E-state index < -0.39 is 5.97 Å². The van der Waals surface area contributed by atoms with Crippen molar-refractivity contribution in [3.05, 3.63) is 29.3 Å². The number of benzene rings is 1. The molecule has 1 aromatic rings. The molecule has 0 atom stereocenters. The second-order valence-electron chi connectivity index (χ2n) is 5.03. The average molecular weight is 279 g/mol. The maximum absolute atomic E-state index is 11.1. The van der Waals surface area contributed by atoms with Gasteiger partial charge in [0.25, 0.3) is 0 Å². The van der Waals surface area contributed by atoms with Crippen molar-refractivity contribution in [2.24, 2.45) is 0 Å². The summed E-state index contributed by atoms with van der Waals surface area (Å²) in [5, 5.41) is 9.10. The van der Waals surface area contributed by atoms with Gasteiger partial charge >= 0.3 is 5.97 Å². The molecule has 5 nitrogen and oxygen atoms in total. The molecule has 1 saturated carbocycles. The highest BCUT2D eigenvalue weighted by atomic mass is 16.5. The summed E-state index contributed by atoms with van der Waals surface area (Å²) >= 11 is 0. The van der Waals surface area contributed by atoms with Gasteiger partial charge in [0.15, 0.2) is 0 Å². The molecule has 20 heavy (non-hydrogen) atoms. The molecule has 110 valence electrons. The minimum absolute atomic E-state index is 0.295. The Morgan fingerprint density at radius 3 is 2.70 bits per heavy atom. The van der Waals surface area contributed by atoms with E-state index in [-0.39, 0.29) is 0 Å². The molecule has 5 heteroatoms. The van der Waals surface area contributed by atoms with Gasteiger partial charge in [-0.2, -0.15) is 0 Å². The molecule has 0 spiro atoms. The Bertz CT molecular complexity index is 471.